The maximum absolute atomic E-state index is 12.3. The maximum atomic E-state index is 12.3. The first-order chi connectivity index (χ1) is 14.2. The fourth-order valence-electron chi connectivity index (χ4n) is 2.43. The monoisotopic (exact) mass is 419 g/mol. The minimum atomic E-state index is -0.996. The molecule has 0 aliphatic rings. The van der Waals surface area contributed by atoms with Crippen molar-refractivity contribution in [1.29, 1.82) is 0 Å². The predicted molar refractivity (Wildman–Crippen MR) is 104 cm³/mol. The van der Waals surface area contributed by atoms with Gasteiger partial charge in [-0.25, -0.2) is 4.79 Å². The van der Waals surface area contributed by atoms with E-state index in [0.29, 0.717) is 0 Å². The molecule has 2 amide bonds. The van der Waals surface area contributed by atoms with Gasteiger partial charge in [-0.05, 0) is 24.1 Å². The lowest BCUT2D eigenvalue weighted by atomic mass is 10.0. The zero-order valence-corrected chi connectivity index (χ0v) is 16.5. The third-order valence-corrected chi connectivity index (χ3v) is 3.97. The van der Waals surface area contributed by atoms with E-state index in [2.05, 4.69) is 10.6 Å². The molecule has 0 aliphatic heterocycles. The number of rotatable bonds is 9. The second-order valence-electron chi connectivity index (χ2n) is 6.47. The minimum Gasteiger partial charge on any atom is -0.494 e. The summed E-state index contributed by atoms with van der Waals surface area (Å²) in [6.07, 6.45) is 1.33. The number of anilines is 1. The predicted octanol–water partition coefficient (Wildman–Crippen LogP) is 2.13. The van der Waals surface area contributed by atoms with Gasteiger partial charge in [0.05, 0.1) is 30.1 Å². The number of non-ortho nitro benzene ring substituents is 1. The number of amides is 2. The number of nitro groups is 1. The highest BCUT2D eigenvalue weighted by Crippen LogP contribution is 2.28. The fourth-order valence-corrected chi connectivity index (χ4v) is 2.43. The molecule has 0 fully saturated rings. The standard InChI is InChI=1S/C19H21N3O8/c1-11(2)17(21-18(24)14-5-4-8-29-14)19(25)30-10-16(23)20-13-7-6-12(22(26)27)9-15(13)28-3/h4-9,11,17H,10H2,1-3H3,(H,20,23)(H,21,24)/t17-/m0/s1. The van der Waals surface area contributed by atoms with E-state index in [1.807, 2.05) is 0 Å². The molecule has 0 unspecified atom stereocenters. The molecule has 2 N–H and O–H groups in total. The van der Waals surface area contributed by atoms with Gasteiger partial charge in [0, 0.05) is 6.07 Å². The molecule has 30 heavy (non-hydrogen) atoms. The third kappa shape index (κ3) is 5.80. The molecular formula is C19H21N3O8. The molecule has 2 aromatic rings. The molecule has 2 rings (SSSR count). The summed E-state index contributed by atoms with van der Waals surface area (Å²) in [6.45, 7) is 2.78. The fraction of sp³-hybridized carbons (Fsp3) is 0.316. The Morgan fingerprint density at radius 2 is 1.97 bits per heavy atom. The third-order valence-electron chi connectivity index (χ3n) is 3.97. The van der Waals surface area contributed by atoms with Gasteiger partial charge in [-0.1, -0.05) is 13.8 Å². The number of ether oxygens (including phenoxy) is 2. The van der Waals surface area contributed by atoms with Gasteiger partial charge in [-0.15, -0.1) is 0 Å². The SMILES string of the molecule is COc1cc([N+](=O)[O-])ccc1NC(=O)COC(=O)[C@@H](NC(=O)c1ccco1)C(C)C. The topological polar surface area (TPSA) is 150 Å². The summed E-state index contributed by atoms with van der Waals surface area (Å²) in [6, 6.07) is 5.64. The number of nitro benzene ring substituents is 1. The zero-order valence-electron chi connectivity index (χ0n) is 16.5. The van der Waals surface area contributed by atoms with Gasteiger partial charge >= 0.3 is 5.97 Å². The van der Waals surface area contributed by atoms with Crippen LogP contribution < -0.4 is 15.4 Å². The van der Waals surface area contributed by atoms with Crippen LogP contribution in [0, 0.1) is 16.0 Å². The van der Waals surface area contributed by atoms with Gasteiger partial charge in [0.1, 0.15) is 11.8 Å². The number of esters is 1. The Hall–Kier alpha value is -3.89. The van der Waals surface area contributed by atoms with Crippen LogP contribution in [-0.2, 0) is 14.3 Å². The van der Waals surface area contributed by atoms with Crippen LogP contribution in [0.15, 0.2) is 41.0 Å². The summed E-state index contributed by atoms with van der Waals surface area (Å²) < 4.78 is 15.0. The number of carbonyl (C=O) groups excluding carboxylic acids is 3. The van der Waals surface area contributed by atoms with Crippen molar-refractivity contribution in [3.05, 3.63) is 52.5 Å². The van der Waals surface area contributed by atoms with Crippen molar-refractivity contribution < 1.29 is 33.2 Å². The van der Waals surface area contributed by atoms with Crippen LogP contribution >= 0.6 is 0 Å². The van der Waals surface area contributed by atoms with Gasteiger partial charge in [0.25, 0.3) is 17.5 Å². The summed E-state index contributed by atoms with van der Waals surface area (Å²) in [4.78, 5) is 46.8. The lowest BCUT2D eigenvalue weighted by Crippen LogP contribution is -2.45. The Bertz CT molecular complexity index is 924. The smallest absolute Gasteiger partial charge is 0.329 e. The quantitative estimate of drug-likeness (QED) is 0.356. The molecule has 0 bridgehead atoms. The minimum absolute atomic E-state index is 0.0384. The zero-order chi connectivity index (χ0) is 22.3. The number of hydrogen-bond donors (Lipinski definition) is 2. The van der Waals surface area contributed by atoms with Crippen molar-refractivity contribution in [2.45, 2.75) is 19.9 Å². The van der Waals surface area contributed by atoms with Crippen molar-refractivity contribution in [3.63, 3.8) is 0 Å². The van der Waals surface area contributed by atoms with Gasteiger partial charge in [-0.2, -0.15) is 0 Å². The van der Waals surface area contributed by atoms with Crippen LogP contribution in [0.1, 0.15) is 24.4 Å². The van der Waals surface area contributed by atoms with E-state index in [1.54, 1.807) is 13.8 Å². The van der Waals surface area contributed by atoms with E-state index in [4.69, 9.17) is 13.9 Å². The molecule has 0 saturated heterocycles. The Balaban J connectivity index is 1.96. The second-order valence-corrected chi connectivity index (χ2v) is 6.47. The molecule has 11 nitrogen and oxygen atoms in total. The highest BCUT2D eigenvalue weighted by molar-refractivity contribution is 5.96. The molecular weight excluding hydrogens is 398 g/mol. The first-order valence-corrected chi connectivity index (χ1v) is 8.86. The summed E-state index contributed by atoms with van der Waals surface area (Å²) in [5, 5.41) is 15.8. The van der Waals surface area contributed by atoms with Crippen LogP contribution in [0.2, 0.25) is 0 Å². The van der Waals surface area contributed by atoms with E-state index in [-0.39, 0.29) is 28.8 Å². The Morgan fingerprint density at radius 3 is 2.53 bits per heavy atom. The van der Waals surface area contributed by atoms with Gasteiger partial charge in [-0.3, -0.25) is 19.7 Å². The average molecular weight is 419 g/mol. The van der Waals surface area contributed by atoms with Crippen LogP contribution in [0.5, 0.6) is 5.75 Å². The molecule has 11 heteroatoms. The van der Waals surface area contributed by atoms with Gasteiger partial charge in [0.15, 0.2) is 12.4 Å². The maximum Gasteiger partial charge on any atom is 0.329 e. The molecule has 1 aromatic heterocycles. The first kappa shape index (κ1) is 22.4. The van der Waals surface area contributed by atoms with E-state index in [0.717, 1.165) is 6.07 Å². The number of hydrogen-bond acceptors (Lipinski definition) is 8. The van der Waals surface area contributed by atoms with Crippen LogP contribution in [0.4, 0.5) is 11.4 Å². The largest absolute Gasteiger partial charge is 0.494 e. The number of furan rings is 1. The normalized spacial score (nSPS) is 11.5. The molecule has 0 saturated carbocycles. The van der Waals surface area contributed by atoms with E-state index in [9.17, 15) is 24.5 Å². The van der Waals surface area contributed by atoms with Crippen molar-refractivity contribution in [3.8, 4) is 5.75 Å². The summed E-state index contributed by atoms with van der Waals surface area (Å²) in [7, 11) is 1.30. The Kier molecular flexibility index (Phi) is 7.50. The van der Waals surface area contributed by atoms with Crippen molar-refractivity contribution >= 4 is 29.2 Å². The summed E-state index contributed by atoms with van der Waals surface area (Å²) in [5.74, 6) is -2.26. The molecule has 0 spiro atoms. The average Bonchev–Trinajstić information content (AvgIpc) is 3.25. The van der Waals surface area contributed by atoms with E-state index in [1.165, 1.54) is 37.6 Å². The highest BCUT2D eigenvalue weighted by Gasteiger charge is 2.27. The molecule has 160 valence electrons. The summed E-state index contributed by atoms with van der Waals surface area (Å²) in [5.41, 5.74) is -0.0287. The molecule has 1 atom stereocenters. The highest BCUT2D eigenvalue weighted by atomic mass is 16.6. The number of carbonyl (C=O) groups is 3. The van der Waals surface area contributed by atoms with Crippen LogP contribution in [0.3, 0.4) is 0 Å². The molecule has 0 radical (unpaired) electrons. The van der Waals surface area contributed by atoms with Crippen molar-refractivity contribution in [1.82, 2.24) is 5.32 Å². The van der Waals surface area contributed by atoms with Crippen molar-refractivity contribution in [2.24, 2.45) is 5.92 Å². The molecule has 1 aromatic carbocycles. The Labute approximate surface area is 171 Å². The Morgan fingerprint density at radius 1 is 1.23 bits per heavy atom. The first-order valence-electron chi connectivity index (χ1n) is 8.86. The molecule has 0 aliphatic carbocycles. The number of methoxy groups -OCH3 is 1. The molecule has 1 heterocycles. The van der Waals surface area contributed by atoms with Crippen LogP contribution in [-0.4, -0.2) is 42.5 Å². The lowest BCUT2D eigenvalue weighted by Gasteiger charge is -2.20. The van der Waals surface area contributed by atoms with E-state index < -0.39 is 35.4 Å². The van der Waals surface area contributed by atoms with E-state index >= 15 is 0 Å². The summed E-state index contributed by atoms with van der Waals surface area (Å²) >= 11 is 0. The second kappa shape index (κ2) is 10.0. The number of nitrogens with one attached hydrogen (secondary N) is 2. The van der Waals surface area contributed by atoms with Gasteiger partial charge in [0.2, 0.25) is 0 Å². The van der Waals surface area contributed by atoms with Crippen LogP contribution in [0.25, 0.3) is 0 Å². The van der Waals surface area contributed by atoms with Gasteiger partial charge < -0.3 is 24.5 Å². The number of nitrogens with zero attached hydrogens (tertiary/aromatic N) is 1. The lowest BCUT2D eigenvalue weighted by molar-refractivity contribution is -0.384. The number of benzene rings is 1. The van der Waals surface area contributed by atoms with Crippen molar-refractivity contribution in [2.75, 3.05) is 19.0 Å².